The Labute approximate surface area is 184 Å². The average molecular weight is 492 g/mol. The molecular formula is C22H29IN4O. The summed E-state index contributed by atoms with van der Waals surface area (Å²) >= 11 is 0. The fourth-order valence-electron chi connectivity index (χ4n) is 3.35. The summed E-state index contributed by atoms with van der Waals surface area (Å²) in [5.74, 6) is 0.833. The Morgan fingerprint density at radius 3 is 2.50 bits per heavy atom. The molecule has 0 aliphatic carbocycles. The van der Waals surface area contributed by atoms with Gasteiger partial charge in [0.2, 0.25) is 5.91 Å². The van der Waals surface area contributed by atoms with Crippen LogP contribution in [0.2, 0.25) is 0 Å². The van der Waals surface area contributed by atoms with Crippen LogP contribution in [0.5, 0.6) is 0 Å². The molecule has 0 bridgehead atoms. The second-order valence-electron chi connectivity index (χ2n) is 6.85. The van der Waals surface area contributed by atoms with Crippen LogP contribution in [0.4, 0.5) is 0 Å². The normalized spacial score (nSPS) is 13.4. The van der Waals surface area contributed by atoms with E-state index >= 15 is 0 Å². The summed E-state index contributed by atoms with van der Waals surface area (Å²) in [7, 11) is 2.00. The summed E-state index contributed by atoms with van der Waals surface area (Å²) in [6.07, 6.45) is 0.916. The third kappa shape index (κ3) is 5.95. The van der Waals surface area contributed by atoms with Crippen LogP contribution in [-0.2, 0) is 24.3 Å². The lowest BCUT2D eigenvalue weighted by atomic mass is 10.00. The highest BCUT2D eigenvalue weighted by Crippen LogP contribution is 2.18. The smallest absolute Gasteiger partial charge is 0.244 e. The van der Waals surface area contributed by atoms with E-state index in [1.54, 1.807) is 0 Å². The molecule has 1 N–H and O–H groups in total. The number of fused-ring (bicyclic) bond motifs is 1. The molecule has 28 heavy (non-hydrogen) atoms. The second kappa shape index (κ2) is 11.0. The van der Waals surface area contributed by atoms with Gasteiger partial charge in [0, 0.05) is 33.2 Å². The number of hydrogen-bond donors (Lipinski definition) is 1. The molecule has 0 saturated carbocycles. The molecule has 6 heteroatoms. The molecule has 0 aromatic heterocycles. The summed E-state index contributed by atoms with van der Waals surface area (Å²) in [4.78, 5) is 21.2. The molecule has 1 aliphatic rings. The van der Waals surface area contributed by atoms with Crippen molar-refractivity contribution in [2.45, 2.75) is 26.4 Å². The molecule has 1 amide bonds. The lowest BCUT2D eigenvalue weighted by Gasteiger charge is -2.29. The fraction of sp³-hybridized carbons (Fsp3) is 0.364. The molecule has 0 radical (unpaired) electrons. The molecule has 5 nitrogen and oxygen atoms in total. The summed E-state index contributed by atoms with van der Waals surface area (Å²) in [5.41, 5.74) is 3.81. The number of hydrogen-bond acceptors (Lipinski definition) is 2. The number of guanidine groups is 1. The molecule has 0 spiro atoms. The summed E-state index contributed by atoms with van der Waals surface area (Å²) in [6, 6.07) is 18.6. The van der Waals surface area contributed by atoms with E-state index < -0.39 is 0 Å². The fourth-order valence-corrected chi connectivity index (χ4v) is 3.35. The molecule has 150 valence electrons. The zero-order valence-electron chi connectivity index (χ0n) is 16.6. The van der Waals surface area contributed by atoms with E-state index in [2.05, 4.69) is 45.5 Å². The topological polar surface area (TPSA) is 47.9 Å². The predicted octanol–water partition coefficient (Wildman–Crippen LogP) is 3.29. The van der Waals surface area contributed by atoms with E-state index in [4.69, 9.17) is 0 Å². The molecule has 0 atom stereocenters. The number of rotatable bonds is 5. The predicted molar refractivity (Wildman–Crippen MR) is 125 cm³/mol. The van der Waals surface area contributed by atoms with Gasteiger partial charge in [-0.1, -0.05) is 54.6 Å². The van der Waals surface area contributed by atoms with Gasteiger partial charge in [-0.25, -0.2) is 4.99 Å². The number of carbonyl (C=O) groups excluding carboxylic acids is 1. The van der Waals surface area contributed by atoms with E-state index in [0.29, 0.717) is 6.54 Å². The van der Waals surface area contributed by atoms with Crippen LogP contribution in [-0.4, -0.2) is 48.3 Å². The molecule has 0 fully saturated rings. The Morgan fingerprint density at radius 1 is 1.11 bits per heavy atom. The van der Waals surface area contributed by atoms with Crippen LogP contribution in [0.25, 0.3) is 0 Å². The number of amides is 1. The van der Waals surface area contributed by atoms with Crippen molar-refractivity contribution < 1.29 is 4.79 Å². The molecule has 3 rings (SSSR count). The monoisotopic (exact) mass is 492 g/mol. The van der Waals surface area contributed by atoms with Gasteiger partial charge in [-0.15, -0.1) is 24.0 Å². The maximum Gasteiger partial charge on any atom is 0.244 e. The Morgan fingerprint density at radius 2 is 1.79 bits per heavy atom. The van der Waals surface area contributed by atoms with Gasteiger partial charge in [0.25, 0.3) is 0 Å². The molecule has 2 aromatic carbocycles. The van der Waals surface area contributed by atoms with Crippen LogP contribution >= 0.6 is 24.0 Å². The average Bonchev–Trinajstić information content (AvgIpc) is 2.71. The SMILES string of the molecule is CCNC(=NCC(=O)N1CCc2ccccc2C1)N(C)Cc1ccccc1.I. The highest BCUT2D eigenvalue weighted by molar-refractivity contribution is 14.0. The van der Waals surface area contributed by atoms with Gasteiger partial charge in [0.15, 0.2) is 5.96 Å². The van der Waals surface area contributed by atoms with E-state index in [-0.39, 0.29) is 36.4 Å². The Hall–Kier alpha value is -2.09. The largest absolute Gasteiger partial charge is 0.357 e. The Kier molecular flexibility index (Phi) is 8.76. The van der Waals surface area contributed by atoms with Gasteiger partial charge in [-0.2, -0.15) is 0 Å². The Balaban J connectivity index is 0.00000280. The van der Waals surface area contributed by atoms with E-state index in [0.717, 1.165) is 32.0 Å². The maximum absolute atomic E-state index is 12.7. The quantitative estimate of drug-likeness (QED) is 0.396. The first-order valence-corrected chi connectivity index (χ1v) is 9.55. The van der Waals surface area contributed by atoms with E-state index in [1.807, 2.05) is 43.1 Å². The molecule has 1 heterocycles. The van der Waals surface area contributed by atoms with Crippen LogP contribution in [0.3, 0.4) is 0 Å². The van der Waals surface area contributed by atoms with Gasteiger partial charge in [-0.3, -0.25) is 4.79 Å². The molecular weight excluding hydrogens is 463 g/mol. The van der Waals surface area contributed by atoms with Crippen molar-refractivity contribution in [1.29, 1.82) is 0 Å². The van der Waals surface area contributed by atoms with Crippen molar-refractivity contribution in [3.63, 3.8) is 0 Å². The summed E-state index contributed by atoms with van der Waals surface area (Å²) in [5, 5.41) is 3.28. The number of nitrogens with one attached hydrogen (secondary N) is 1. The lowest BCUT2D eigenvalue weighted by Crippen LogP contribution is -2.41. The van der Waals surface area contributed by atoms with Crippen molar-refractivity contribution in [2.24, 2.45) is 4.99 Å². The van der Waals surface area contributed by atoms with Crippen LogP contribution < -0.4 is 5.32 Å². The van der Waals surface area contributed by atoms with Crippen molar-refractivity contribution in [3.8, 4) is 0 Å². The molecule has 2 aromatic rings. The number of nitrogens with zero attached hydrogens (tertiary/aromatic N) is 3. The van der Waals surface area contributed by atoms with Crippen LogP contribution in [0.1, 0.15) is 23.6 Å². The minimum absolute atomic E-state index is 0. The van der Waals surface area contributed by atoms with Crippen LogP contribution in [0, 0.1) is 0 Å². The molecule has 1 aliphatic heterocycles. The number of aliphatic imine (C=N–C) groups is 1. The first-order chi connectivity index (χ1) is 13.2. The third-order valence-corrected chi connectivity index (χ3v) is 4.81. The molecule has 0 saturated heterocycles. The number of benzene rings is 2. The van der Waals surface area contributed by atoms with Gasteiger partial charge in [-0.05, 0) is 30.0 Å². The number of carbonyl (C=O) groups is 1. The van der Waals surface area contributed by atoms with Crippen molar-refractivity contribution in [3.05, 3.63) is 71.3 Å². The standard InChI is InChI=1S/C22H28N4O.HI/c1-3-23-22(25(2)16-18-9-5-4-6-10-18)24-15-21(27)26-14-13-19-11-7-8-12-20(19)17-26;/h4-12H,3,13-17H2,1-2H3,(H,23,24);1H. The Bertz CT molecular complexity index is 794. The minimum atomic E-state index is 0. The first-order valence-electron chi connectivity index (χ1n) is 9.55. The second-order valence-corrected chi connectivity index (χ2v) is 6.85. The number of halogens is 1. The minimum Gasteiger partial charge on any atom is -0.357 e. The third-order valence-electron chi connectivity index (χ3n) is 4.81. The van der Waals surface area contributed by atoms with Crippen molar-refractivity contribution in [1.82, 2.24) is 15.1 Å². The highest BCUT2D eigenvalue weighted by Gasteiger charge is 2.20. The van der Waals surface area contributed by atoms with Gasteiger partial charge in [0.1, 0.15) is 6.54 Å². The van der Waals surface area contributed by atoms with E-state index in [9.17, 15) is 4.79 Å². The molecule has 0 unspecified atom stereocenters. The maximum atomic E-state index is 12.7. The first kappa shape index (κ1) is 22.2. The van der Waals surface area contributed by atoms with Crippen LogP contribution in [0.15, 0.2) is 59.6 Å². The van der Waals surface area contributed by atoms with Crippen molar-refractivity contribution in [2.75, 3.05) is 26.7 Å². The van der Waals surface area contributed by atoms with Gasteiger partial charge >= 0.3 is 0 Å². The highest BCUT2D eigenvalue weighted by atomic mass is 127. The lowest BCUT2D eigenvalue weighted by molar-refractivity contribution is -0.130. The van der Waals surface area contributed by atoms with E-state index in [1.165, 1.54) is 16.7 Å². The van der Waals surface area contributed by atoms with Gasteiger partial charge in [0.05, 0.1) is 0 Å². The summed E-state index contributed by atoms with van der Waals surface area (Å²) < 4.78 is 0. The summed E-state index contributed by atoms with van der Waals surface area (Å²) in [6.45, 7) is 5.17. The van der Waals surface area contributed by atoms with Crippen molar-refractivity contribution >= 4 is 35.8 Å². The van der Waals surface area contributed by atoms with Gasteiger partial charge < -0.3 is 15.1 Å². The zero-order valence-corrected chi connectivity index (χ0v) is 18.9. The zero-order chi connectivity index (χ0) is 19.1.